The minimum Gasteiger partial charge on any atom is -0.386 e. The predicted molar refractivity (Wildman–Crippen MR) is 91.9 cm³/mol. The lowest BCUT2D eigenvalue weighted by molar-refractivity contribution is -0.137. The van der Waals surface area contributed by atoms with E-state index in [9.17, 15) is 9.36 Å². The fourth-order valence-electron chi connectivity index (χ4n) is 1.87. The Morgan fingerprint density at radius 2 is 1.29 bits per heavy atom. The molecule has 0 heterocycles. The highest BCUT2D eigenvalue weighted by Gasteiger charge is 2.36. The molecule has 0 amide bonds. The average molecular weight is 348 g/mol. The van der Waals surface area contributed by atoms with Crippen molar-refractivity contribution in [2.45, 2.75) is 27.2 Å². The molecule has 0 fully saturated rings. The summed E-state index contributed by atoms with van der Waals surface area (Å²) >= 11 is 0. The largest absolute Gasteiger partial charge is 0.649 e. The molecule has 5 nitrogen and oxygen atoms in total. The Bertz CT molecular complexity index is 662. The van der Waals surface area contributed by atoms with E-state index in [2.05, 4.69) is 0 Å². The molecule has 0 atom stereocenters. The van der Waals surface area contributed by atoms with Crippen LogP contribution < -0.4 is 9.05 Å². The topological polar surface area (TPSA) is 61.8 Å². The summed E-state index contributed by atoms with van der Waals surface area (Å²) in [6, 6.07) is 16.9. The van der Waals surface area contributed by atoms with Crippen LogP contribution in [0.3, 0.4) is 0 Å². The van der Waals surface area contributed by atoms with E-state index in [1.807, 2.05) is 20.8 Å². The zero-order valence-electron chi connectivity index (χ0n) is 14.0. The van der Waals surface area contributed by atoms with Crippen molar-refractivity contribution in [3.8, 4) is 11.5 Å². The summed E-state index contributed by atoms with van der Waals surface area (Å²) in [4.78, 5) is 12.1. The van der Waals surface area contributed by atoms with Crippen molar-refractivity contribution < 1.29 is 22.9 Å². The van der Waals surface area contributed by atoms with Crippen molar-refractivity contribution in [2.75, 3.05) is 0 Å². The maximum atomic E-state index is 13.0. The molecule has 0 spiro atoms. The van der Waals surface area contributed by atoms with Gasteiger partial charge in [0.1, 0.15) is 11.5 Å². The van der Waals surface area contributed by atoms with Gasteiger partial charge in [-0.3, -0.25) is 4.79 Å². The summed E-state index contributed by atoms with van der Waals surface area (Å²) in [5.74, 6) is -0.0571. The third-order valence-electron chi connectivity index (χ3n) is 2.81. The number of hydrogen-bond acceptors (Lipinski definition) is 5. The zero-order valence-corrected chi connectivity index (χ0v) is 14.9. The van der Waals surface area contributed by atoms with Crippen LogP contribution in [0.2, 0.25) is 0 Å². The van der Waals surface area contributed by atoms with Crippen molar-refractivity contribution in [3.63, 3.8) is 0 Å². The smallest absolute Gasteiger partial charge is 0.386 e. The Hall–Kier alpha value is -2.26. The van der Waals surface area contributed by atoms with Crippen LogP contribution in [-0.4, -0.2) is 5.97 Å². The number of phosphoric ester groups is 1. The van der Waals surface area contributed by atoms with Crippen LogP contribution in [-0.2, 0) is 13.9 Å². The number of rotatable bonds is 6. The van der Waals surface area contributed by atoms with Crippen molar-refractivity contribution in [1.82, 2.24) is 0 Å². The fourth-order valence-corrected chi connectivity index (χ4v) is 3.05. The fraction of sp³-hybridized carbons (Fsp3) is 0.278. The summed E-state index contributed by atoms with van der Waals surface area (Å²) in [6.45, 7) is 5.65. The number of benzene rings is 2. The number of hydrogen-bond donors (Lipinski definition) is 0. The highest BCUT2D eigenvalue weighted by molar-refractivity contribution is 7.50. The molecule has 0 aliphatic carbocycles. The summed E-state index contributed by atoms with van der Waals surface area (Å²) in [5, 5.41) is 0. The number of para-hydroxylation sites is 2. The van der Waals surface area contributed by atoms with Crippen molar-refractivity contribution >= 4 is 13.8 Å². The molecular weight excluding hydrogens is 327 g/mol. The van der Waals surface area contributed by atoms with Gasteiger partial charge in [0.15, 0.2) is 0 Å². The molecule has 0 bridgehead atoms. The van der Waals surface area contributed by atoms with E-state index in [0.29, 0.717) is 11.5 Å². The first-order valence-electron chi connectivity index (χ1n) is 7.58. The van der Waals surface area contributed by atoms with Gasteiger partial charge in [0, 0.05) is 0 Å². The van der Waals surface area contributed by atoms with E-state index in [0.717, 1.165) is 0 Å². The Kier molecular flexibility index (Phi) is 5.68. The van der Waals surface area contributed by atoms with Crippen molar-refractivity contribution in [3.05, 3.63) is 60.7 Å². The highest BCUT2D eigenvalue weighted by atomic mass is 31.2. The van der Waals surface area contributed by atoms with Crippen LogP contribution in [0.5, 0.6) is 11.5 Å². The van der Waals surface area contributed by atoms with E-state index in [1.54, 1.807) is 60.7 Å². The Morgan fingerprint density at radius 3 is 1.67 bits per heavy atom. The van der Waals surface area contributed by atoms with Gasteiger partial charge in [0.05, 0.1) is 6.42 Å². The molecule has 0 saturated heterocycles. The minimum absolute atomic E-state index is 0.0906. The van der Waals surface area contributed by atoms with Crippen LogP contribution in [0.1, 0.15) is 27.2 Å². The van der Waals surface area contributed by atoms with Crippen LogP contribution in [0, 0.1) is 5.41 Å². The molecule has 0 aromatic heterocycles. The van der Waals surface area contributed by atoms with Crippen LogP contribution >= 0.6 is 7.82 Å². The second kappa shape index (κ2) is 7.54. The maximum absolute atomic E-state index is 13.0. The quantitative estimate of drug-likeness (QED) is 0.669. The molecule has 2 aromatic carbocycles. The molecule has 0 N–H and O–H groups in total. The Balaban J connectivity index is 2.20. The SMILES string of the molecule is CC(C)(C)CC(=O)OP(=O)(Oc1ccccc1)Oc1ccccc1. The normalized spacial score (nSPS) is 11.6. The Labute approximate surface area is 142 Å². The van der Waals surface area contributed by atoms with Crippen molar-refractivity contribution in [1.29, 1.82) is 0 Å². The number of phosphoric acid groups is 1. The highest BCUT2D eigenvalue weighted by Crippen LogP contribution is 2.50. The van der Waals surface area contributed by atoms with E-state index in [-0.39, 0.29) is 11.8 Å². The predicted octanol–water partition coefficient (Wildman–Crippen LogP) is 5.23. The third kappa shape index (κ3) is 6.09. The molecular formula is C18H21O5P. The van der Waals surface area contributed by atoms with Gasteiger partial charge in [0.25, 0.3) is 0 Å². The molecule has 6 heteroatoms. The molecule has 0 saturated carbocycles. The second-order valence-corrected chi connectivity index (χ2v) is 7.90. The van der Waals surface area contributed by atoms with Crippen LogP contribution in [0.25, 0.3) is 0 Å². The standard InChI is InChI=1S/C18H21O5P/c1-18(2,3)14-17(19)23-24(20,21-15-10-6-4-7-11-15)22-16-12-8-5-9-13-16/h4-13H,14H2,1-3H3. The lowest BCUT2D eigenvalue weighted by atomic mass is 9.93. The summed E-state index contributed by atoms with van der Waals surface area (Å²) in [7, 11) is -4.15. The van der Waals surface area contributed by atoms with Crippen molar-refractivity contribution in [2.24, 2.45) is 5.41 Å². The van der Waals surface area contributed by atoms with Gasteiger partial charge >= 0.3 is 13.8 Å². The van der Waals surface area contributed by atoms with Crippen LogP contribution in [0.4, 0.5) is 0 Å². The molecule has 24 heavy (non-hydrogen) atoms. The molecule has 0 aliphatic rings. The second-order valence-electron chi connectivity index (χ2n) is 6.46. The lowest BCUT2D eigenvalue weighted by Crippen LogP contribution is -2.17. The first-order chi connectivity index (χ1) is 11.3. The zero-order chi connectivity index (χ0) is 17.6. The average Bonchev–Trinajstić information content (AvgIpc) is 2.46. The van der Waals surface area contributed by atoms with Gasteiger partial charge in [-0.15, -0.1) is 0 Å². The van der Waals surface area contributed by atoms with E-state index < -0.39 is 13.8 Å². The number of carbonyl (C=O) groups is 1. The molecule has 0 radical (unpaired) electrons. The Morgan fingerprint density at radius 1 is 0.875 bits per heavy atom. The van der Waals surface area contributed by atoms with Gasteiger partial charge in [-0.05, 0) is 29.7 Å². The lowest BCUT2D eigenvalue weighted by Gasteiger charge is -2.21. The summed E-state index contributed by atoms with van der Waals surface area (Å²) < 4.78 is 28.8. The monoisotopic (exact) mass is 348 g/mol. The van der Waals surface area contributed by atoms with Gasteiger partial charge in [-0.2, -0.15) is 4.57 Å². The molecule has 128 valence electrons. The van der Waals surface area contributed by atoms with Gasteiger partial charge < -0.3 is 13.6 Å². The molecule has 2 rings (SSSR count). The first-order valence-corrected chi connectivity index (χ1v) is 9.04. The van der Waals surface area contributed by atoms with Gasteiger partial charge in [0.2, 0.25) is 0 Å². The molecule has 2 aromatic rings. The minimum atomic E-state index is -4.15. The van der Waals surface area contributed by atoms with Crippen LogP contribution in [0.15, 0.2) is 60.7 Å². The third-order valence-corrected chi connectivity index (χ3v) is 4.11. The van der Waals surface area contributed by atoms with Gasteiger partial charge in [-0.1, -0.05) is 57.2 Å². The molecule has 0 aliphatic heterocycles. The van der Waals surface area contributed by atoms with E-state index in [4.69, 9.17) is 13.6 Å². The van der Waals surface area contributed by atoms with Gasteiger partial charge in [-0.25, -0.2) is 0 Å². The summed E-state index contributed by atoms with van der Waals surface area (Å²) in [6.07, 6.45) is 0.0906. The number of carbonyl (C=O) groups excluding carboxylic acids is 1. The molecule has 0 unspecified atom stereocenters. The van der Waals surface area contributed by atoms with E-state index in [1.165, 1.54) is 0 Å². The summed E-state index contributed by atoms with van der Waals surface area (Å²) in [5.41, 5.74) is -0.304. The maximum Gasteiger partial charge on any atom is 0.649 e. The van der Waals surface area contributed by atoms with E-state index >= 15 is 0 Å². The first kappa shape index (κ1) is 18.1.